The second kappa shape index (κ2) is 6.83. The molecule has 2 aliphatic rings. The van der Waals surface area contributed by atoms with Crippen molar-refractivity contribution in [2.24, 2.45) is 5.16 Å². The van der Waals surface area contributed by atoms with Gasteiger partial charge in [0.2, 0.25) is 11.5 Å². The van der Waals surface area contributed by atoms with E-state index in [0.717, 1.165) is 4.90 Å². The molecular formula is C20H17ClN2O5. The highest BCUT2D eigenvalue weighted by Crippen LogP contribution is 2.41. The zero-order valence-corrected chi connectivity index (χ0v) is 16.0. The number of rotatable bonds is 4. The van der Waals surface area contributed by atoms with Gasteiger partial charge >= 0.3 is 0 Å². The zero-order valence-electron chi connectivity index (χ0n) is 15.3. The van der Waals surface area contributed by atoms with Crippen LogP contribution in [0.25, 0.3) is 0 Å². The highest BCUT2D eigenvalue weighted by molar-refractivity contribution is 6.31. The third kappa shape index (κ3) is 2.79. The third-order valence-electron chi connectivity index (χ3n) is 4.86. The number of imide groups is 1. The van der Waals surface area contributed by atoms with Crippen LogP contribution in [-0.2, 0) is 14.4 Å². The van der Waals surface area contributed by atoms with Gasteiger partial charge in [0.15, 0.2) is 11.5 Å². The molecule has 28 heavy (non-hydrogen) atoms. The summed E-state index contributed by atoms with van der Waals surface area (Å²) < 4.78 is 10.8. The molecule has 0 radical (unpaired) electrons. The number of oxime groups is 1. The van der Waals surface area contributed by atoms with E-state index in [1.807, 2.05) is 0 Å². The van der Waals surface area contributed by atoms with Gasteiger partial charge in [-0.05, 0) is 36.4 Å². The first-order valence-corrected chi connectivity index (χ1v) is 8.96. The molecule has 0 aromatic heterocycles. The first-order valence-electron chi connectivity index (χ1n) is 8.58. The molecule has 0 saturated carbocycles. The Bertz CT molecular complexity index is 989. The number of ether oxygens (including phenoxy) is 2. The van der Waals surface area contributed by atoms with Crippen LogP contribution in [0.4, 0.5) is 5.69 Å². The SMILES string of the molecule is COc1cccc(C2=NO[C@@]3(CC(=O)N(c4ccc(Cl)cc4)C3=O)C2)c1OC. The van der Waals surface area contributed by atoms with Crippen molar-refractivity contribution in [3.63, 3.8) is 0 Å². The summed E-state index contributed by atoms with van der Waals surface area (Å²) in [5.74, 6) is 0.248. The van der Waals surface area contributed by atoms with Gasteiger partial charge in [-0.3, -0.25) is 9.59 Å². The van der Waals surface area contributed by atoms with Crippen LogP contribution >= 0.6 is 11.6 Å². The molecule has 0 bridgehead atoms. The van der Waals surface area contributed by atoms with Crippen LogP contribution in [0.15, 0.2) is 47.6 Å². The van der Waals surface area contributed by atoms with Gasteiger partial charge in [-0.15, -0.1) is 0 Å². The zero-order chi connectivity index (χ0) is 19.9. The first kappa shape index (κ1) is 18.3. The maximum absolute atomic E-state index is 13.1. The van der Waals surface area contributed by atoms with Crippen molar-refractivity contribution < 1.29 is 23.9 Å². The van der Waals surface area contributed by atoms with E-state index in [4.69, 9.17) is 25.9 Å². The highest BCUT2D eigenvalue weighted by atomic mass is 35.5. The van der Waals surface area contributed by atoms with Gasteiger partial charge in [-0.2, -0.15) is 0 Å². The van der Waals surface area contributed by atoms with Crippen LogP contribution in [0.5, 0.6) is 11.5 Å². The van der Waals surface area contributed by atoms with Crippen molar-refractivity contribution in [2.45, 2.75) is 18.4 Å². The predicted octanol–water partition coefficient (Wildman–Crippen LogP) is 3.18. The standard InChI is InChI=1S/C20H17ClN2O5/c1-26-16-5-3-4-14(18(16)27-2)15-10-20(28-22-15)11-17(24)23(19(20)25)13-8-6-12(21)7-9-13/h3-9H,10-11H2,1-2H3/t20-/m1/s1. The average molecular weight is 401 g/mol. The Morgan fingerprint density at radius 2 is 1.82 bits per heavy atom. The maximum Gasteiger partial charge on any atom is 0.281 e. The summed E-state index contributed by atoms with van der Waals surface area (Å²) in [5.41, 5.74) is 0.284. The lowest BCUT2D eigenvalue weighted by molar-refractivity contribution is -0.136. The lowest BCUT2D eigenvalue weighted by Gasteiger charge is -2.19. The quantitative estimate of drug-likeness (QED) is 0.736. The number of carbonyl (C=O) groups excluding carboxylic acids is 2. The number of halogens is 1. The van der Waals surface area contributed by atoms with Crippen LogP contribution in [0.2, 0.25) is 5.02 Å². The Kier molecular flexibility index (Phi) is 4.47. The highest BCUT2D eigenvalue weighted by Gasteiger charge is 2.58. The number of benzene rings is 2. The Hall–Kier alpha value is -3.06. The largest absolute Gasteiger partial charge is 0.493 e. The Morgan fingerprint density at radius 1 is 1.07 bits per heavy atom. The van der Waals surface area contributed by atoms with E-state index in [1.54, 1.807) is 49.6 Å². The summed E-state index contributed by atoms with van der Waals surface area (Å²) in [6.45, 7) is 0. The third-order valence-corrected chi connectivity index (χ3v) is 5.11. The van der Waals surface area contributed by atoms with Gasteiger partial charge in [-0.1, -0.05) is 22.8 Å². The van der Waals surface area contributed by atoms with E-state index in [0.29, 0.717) is 33.5 Å². The van der Waals surface area contributed by atoms with E-state index in [-0.39, 0.29) is 18.7 Å². The number of hydrogen-bond donors (Lipinski definition) is 0. The van der Waals surface area contributed by atoms with Crippen LogP contribution in [0.1, 0.15) is 18.4 Å². The van der Waals surface area contributed by atoms with Crippen molar-refractivity contribution in [3.8, 4) is 11.5 Å². The molecule has 1 saturated heterocycles. The second-order valence-corrected chi connectivity index (χ2v) is 6.97. The normalized spacial score (nSPS) is 21.1. The smallest absolute Gasteiger partial charge is 0.281 e. The molecule has 2 heterocycles. The number of anilines is 1. The van der Waals surface area contributed by atoms with E-state index in [2.05, 4.69) is 5.16 Å². The number of hydrogen-bond acceptors (Lipinski definition) is 6. The Morgan fingerprint density at radius 3 is 2.50 bits per heavy atom. The van der Waals surface area contributed by atoms with Gasteiger partial charge in [0.1, 0.15) is 0 Å². The van der Waals surface area contributed by atoms with Crippen molar-refractivity contribution in [3.05, 3.63) is 53.1 Å². The first-order chi connectivity index (χ1) is 13.5. The van der Waals surface area contributed by atoms with E-state index < -0.39 is 11.5 Å². The molecule has 7 nitrogen and oxygen atoms in total. The van der Waals surface area contributed by atoms with Crippen molar-refractivity contribution in [2.75, 3.05) is 19.1 Å². The fourth-order valence-electron chi connectivity index (χ4n) is 3.51. The number of carbonyl (C=O) groups is 2. The molecule has 0 unspecified atom stereocenters. The molecule has 1 atom stereocenters. The molecule has 2 amide bonds. The van der Waals surface area contributed by atoms with Gasteiger partial charge in [-0.25, -0.2) is 4.90 Å². The van der Waals surface area contributed by atoms with E-state index >= 15 is 0 Å². The number of methoxy groups -OCH3 is 2. The predicted molar refractivity (Wildman–Crippen MR) is 103 cm³/mol. The number of amides is 2. The summed E-state index contributed by atoms with van der Waals surface area (Å²) in [6.07, 6.45) is 0.0684. The Labute approximate surface area is 166 Å². The van der Waals surface area contributed by atoms with Crippen LogP contribution in [0, 0.1) is 0 Å². The minimum atomic E-state index is -1.35. The summed E-state index contributed by atoms with van der Waals surface area (Å²) in [6, 6.07) is 11.9. The molecule has 0 N–H and O–H groups in total. The maximum atomic E-state index is 13.1. The molecule has 2 aliphatic heterocycles. The fourth-order valence-corrected chi connectivity index (χ4v) is 3.64. The molecule has 0 aliphatic carbocycles. The summed E-state index contributed by atoms with van der Waals surface area (Å²) >= 11 is 5.90. The van der Waals surface area contributed by atoms with Crippen LogP contribution in [0.3, 0.4) is 0 Å². The lowest BCUT2D eigenvalue weighted by atomic mass is 9.92. The van der Waals surface area contributed by atoms with Gasteiger partial charge < -0.3 is 14.3 Å². The van der Waals surface area contributed by atoms with Crippen molar-refractivity contribution >= 4 is 34.8 Å². The molecule has 1 fully saturated rings. The van der Waals surface area contributed by atoms with Gasteiger partial charge in [0.25, 0.3) is 5.91 Å². The number of nitrogens with zero attached hydrogens (tertiary/aromatic N) is 2. The average Bonchev–Trinajstić information content (AvgIpc) is 3.23. The van der Waals surface area contributed by atoms with Gasteiger partial charge in [0, 0.05) is 17.0 Å². The molecule has 144 valence electrons. The summed E-state index contributed by atoms with van der Waals surface area (Å²) in [7, 11) is 3.07. The molecule has 4 rings (SSSR count). The summed E-state index contributed by atoms with van der Waals surface area (Å²) in [5, 5.41) is 4.63. The molecule has 8 heteroatoms. The van der Waals surface area contributed by atoms with Crippen LogP contribution in [-0.4, -0.2) is 37.3 Å². The van der Waals surface area contributed by atoms with E-state index in [9.17, 15) is 9.59 Å². The summed E-state index contributed by atoms with van der Waals surface area (Å²) in [4.78, 5) is 32.4. The fraction of sp³-hybridized carbons (Fsp3) is 0.250. The topological polar surface area (TPSA) is 77.4 Å². The van der Waals surface area contributed by atoms with E-state index in [1.165, 1.54) is 7.11 Å². The van der Waals surface area contributed by atoms with Gasteiger partial charge in [0.05, 0.1) is 32.0 Å². The molecular weight excluding hydrogens is 384 g/mol. The second-order valence-electron chi connectivity index (χ2n) is 6.53. The molecule has 2 aromatic carbocycles. The Balaban J connectivity index is 1.64. The number of para-hydroxylation sites is 1. The monoisotopic (exact) mass is 400 g/mol. The van der Waals surface area contributed by atoms with Crippen LogP contribution < -0.4 is 14.4 Å². The van der Waals surface area contributed by atoms with Crippen molar-refractivity contribution in [1.29, 1.82) is 0 Å². The lowest BCUT2D eigenvalue weighted by Crippen LogP contribution is -2.40. The minimum absolute atomic E-state index is 0.0895. The molecule has 1 spiro atoms. The minimum Gasteiger partial charge on any atom is -0.493 e. The molecule has 2 aromatic rings. The van der Waals surface area contributed by atoms with Crippen molar-refractivity contribution in [1.82, 2.24) is 0 Å².